The van der Waals surface area contributed by atoms with Crippen molar-refractivity contribution in [2.75, 3.05) is 13.2 Å². The lowest BCUT2D eigenvalue weighted by Gasteiger charge is -2.16. The molecule has 0 bridgehead atoms. The van der Waals surface area contributed by atoms with Crippen LogP contribution in [-0.4, -0.2) is 19.3 Å². The molecule has 0 saturated carbocycles. The van der Waals surface area contributed by atoms with Gasteiger partial charge < -0.3 is 9.47 Å². The fourth-order valence-electron chi connectivity index (χ4n) is 1.59. The van der Waals surface area contributed by atoms with E-state index in [2.05, 4.69) is 38.8 Å². The lowest BCUT2D eigenvalue weighted by molar-refractivity contribution is 0.260. The zero-order valence-electron chi connectivity index (χ0n) is 9.27. The third kappa shape index (κ3) is 2.29. The van der Waals surface area contributed by atoms with Gasteiger partial charge in [0.25, 0.3) is 0 Å². The molecule has 16 heavy (non-hydrogen) atoms. The maximum Gasteiger partial charge on any atom is 0.127 e. The second-order valence-electron chi connectivity index (χ2n) is 3.95. The maximum atomic E-state index is 5.80. The number of halogens is 2. The average Bonchev–Trinajstić information content (AvgIpc) is 3.07. The average molecular weight is 349 g/mol. The molecule has 0 amide bonds. The lowest BCUT2D eigenvalue weighted by Crippen LogP contribution is -2.07. The maximum absolute atomic E-state index is 5.80. The minimum absolute atomic E-state index is 0.274. The second kappa shape index (κ2) is 4.67. The van der Waals surface area contributed by atoms with Crippen molar-refractivity contribution < 1.29 is 9.47 Å². The van der Waals surface area contributed by atoms with Gasteiger partial charge in [0, 0.05) is 20.1 Å². The van der Waals surface area contributed by atoms with Crippen molar-refractivity contribution in [3.8, 4) is 5.75 Å². The Hall–Kier alpha value is -0.0600. The van der Waals surface area contributed by atoms with E-state index in [1.54, 1.807) is 0 Å². The predicted octanol–water partition coefficient (Wildman–Crippen LogP) is 3.79. The Morgan fingerprint density at radius 2 is 1.81 bits per heavy atom. The first-order valence-electron chi connectivity index (χ1n) is 5.07. The van der Waals surface area contributed by atoms with Crippen molar-refractivity contribution >= 4 is 31.9 Å². The highest BCUT2D eigenvalue weighted by Gasteiger charge is 2.24. The molecule has 87 valence electrons. The quantitative estimate of drug-likeness (QED) is 0.775. The topological polar surface area (TPSA) is 21.8 Å². The van der Waals surface area contributed by atoms with Crippen LogP contribution in [-0.2, 0) is 4.74 Å². The first-order chi connectivity index (χ1) is 7.52. The van der Waals surface area contributed by atoms with E-state index in [4.69, 9.17) is 9.47 Å². The van der Waals surface area contributed by atoms with E-state index in [1.165, 1.54) is 0 Å². The minimum Gasteiger partial charge on any atom is -0.490 e. The summed E-state index contributed by atoms with van der Waals surface area (Å²) in [7, 11) is 0. The molecule has 4 heteroatoms. The fraction of sp³-hybridized carbons (Fsp3) is 0.417. The van der Waals surface area contributed by atoms with Crippen LogP contribution < -0.4 is 4.74 Å². The van der Waals surface area contributed by atoms with Crippen molar-refractivity contribution in [3.05, 3.63) is 32.6 Å². The molecule has 1 aliphatic heterocycles. The molecule has 1 atom stereocenters. The van der Waals surface area contributed by atoms with Gasteiger partial charge in [-0.2, -0.15) is 0 Å². The summed E-state index contributed by atoms with van der Waals surface area (Å²) in [6.45, 7) is 9.51. The first kappa shape index (κ1) is 12.4. The molecule has 2 rings (SSSR count). The Kier molecular flexibility index (Phi) is 3.62. The number of benzene rings is 1. The smallest absolute Gasteiger partial charge is 0.127 e. The minimum atomic E-state index is 0.274. The van der Waals surface area contributed by atoms with Crippen LogP contribution in [0.3, 0.4) is 0 Å². The molecular formula is C12H13Br2O2. The van der Waals surface area contributed by atoms with Crippen molar-refractivity contribution in [2.45, 2.75) is 20.0 Å². The van der Waals surface area contributed by atoms with E-state index in [-0.39, 0.29) is 6.10 Å². The molecule has 0 aromatic heterocycles. The summed E-state index contributed by atoms with van der Waals surface area (Å²) in [5.41, 5.74) is 3.14. The molecule has 0 spiro atoms. The summed E-state index contributed by atoms with van der Waals surface area (Å²) >= 11 is 7.07. The normalized spacial score (nSPS) is 18.7. The van der Waals surface area contributed by atoms with Crippen molar-refractivity contribution in [3.63, 3.8) is 0 Å². The third-order valence-electron chi connectivity index (χ3n) is 2.69. The Morgan fingerprint density at radius 1 is 1.31 bits per heavy atom. The van der Waals surface area contributed by atoms with Crippen LogP contribution in [0, 0.1) is 20.8 Å². The van der Waals surface area contributed by atoms with Crippen molar-refractivity contribution in [1.29, 1.82) is 0 Å². The largest absolute Gasteiger partial charge is 0.490 e. The summed E-state index contributed by atoms with van der Waals surface area (Å²) in [5.74, 6) is 0.918. The number of rotatable bonds is 3. The predicted molar refractivity (Wildman–Crippen MR) is 71.0 cm³/mol. The van der Waals surface area contributed by atoms with E-state index >= 15 is 0 Å². The summed E-state index contributed by atoms with van der Waals surface area (Å²) in [5, 5.41) is 0. The van der Waals surface area contributed by atoms with Gasteiger partial charge in [-0.05, 0) is 26.3 Å². The van der Waals surface area contributed by atoms with E-state index < -0.39 is 0 Å². The van der Waals surface area contributed by atoms with Gasteiger partial charge in [0.05, 0.1) is 6.61 Å². The third-order valence-corrected chi connectivity index (χ3v) is 4.83. The number of hydrogen-bond donors (Lipinski definition) is 0. The van der Waals surface area contributed by atoms with Crippen LogP contribution in [0.4, 0.5) is 0 Å². The van der Waals surface area contributed by atoms with Crippen LogP contribution in [0.1, 0.15) is 16.7 Å². The Bertz CT molecular complexity index is 397. The van der Waals surface area contributed by atoms with Gasteiger partial charge in [-0.3, -0.25) is 0 Å². The Labute approximate surface area is 113 Å². The zero-order chi connectivity index (χ0) is 11.9. The van der Waals surface area contributed by atoms with Crippen molar-refractivity contribution in [2.24, 2.45) is 0 Å². The van der Waals surface area contributed by atoms with Gasteiger partial charge >= 0.3 is 0 Å². The molecule has 1 fully saturated rings. The van der Waals surface area contributed by atoms with Crippen molar-refractivity contribution in [1.82, 2.24) is 0 Å². The highest BCUT2D eigenvalue weighted by atomic mass is 79.9. The second-order valence-corrected chi connectivity index (χ2v) is 5.54. The van der Waals surface area contributed by atoms with Gasteiger partial charge in [0.1, 0.15) is 18.5 Å². The molecule has 1 aromatic rings. The molecular weight excluding hydrogens is 336 g/mol. The van der Waals surface area contributed by atoms with Gasteiger partial charge in [0.2, 0.25) is 0 Å². The van der Waals surface area contributed by atoms with E-state index in [0.29, 0.717) is 6.61 Å². The first-order valence-corrected chi connectivity index (χ1v) is 6.65. The molecule has 1 saturated heterocycles. The van der Waals surface area contributed by atoms with E-state index in [1.807, 2.05) is 13.8 Å². The summed E-state index contributed by atoms with van der Waals surface area (Å²) in [4.78, 5) is 0. The molecule has 0 N–H and O–H groups in total. The molecule has 0 aliphatic carbocycles. The van der Waals surface area contributed by atoms with E-state index in [9.17, 15) is 0 Å². The van der Waals surface area contributed by atoms with Gasteiger partial charge in [-0.1, -0.05) is 31.9 Å². The summed E-state index contributed by atoms with van der Waals surface area (Å²) in [6, 6.07) is 0. The van der Waals surface area contributed by atoms with Crippen LogP contribution in [0.25, 0.3) is 0 Å². The Balaban J connectivity index is 2.34. The Morgan fingerprint density at radius 3 is 2.25 bits per heavy atom. The van der Waals surface area contributed by atoms with Gasteiger partial charge in [-0.15, -0.1) is 0 Å². The molecule has 1 heterocycles. The highest BCUT2D eigenvalue weighted by molar-refractivity contribution is 9.11. The number of epoxide rings is 1. The lowest BCUT2D eigenvalue weighted by atomic mass is 10.1. The van der Waals surface area contributed by atoms with Crippen LogP contribution in [0.15, 0.2) is 8.95 Å². The van der Waals surface area contributed by atoms with Gasteiger partial charge in [-0.25, -0.2) is 0 Å². The fourth-order valence-corrected chi connectivity index (χ4v) is 2.61. The number of ether oxygens (including phenoxy) is 2. The summed E-state index contributed by atoms with van der Waals surface area (Å²) < 4.78 is 12.9. The number of hydrogen-bond acceptors (Lipinski definition) is 2. The molecule has 1 aliphatic rings. The van der Waals surface area contributed by atoms with Crippen LogP contribution >= 0.6 is 31.9 Å². The zero-order valence-corrected chi connectivity index (χ0v) is 12.4. The van der Waals surface area contributed by atoms with Crippen LogP contribution in [0.2, 0.25) is 0 Å². The molecule has 1 unspecified atom stereocenters. The molecule has 1 aromatic carbocycles. The van der Waals surface area contributed by atoms with Gasteiger partial charge in [0.15, 0.2) is 0 Å². The SMILES string of the molecule is [CH2]c1c(Br)c(C)c(OCC2CO2)c(C)c1Br. The van der Waals surface area contributed by atoms with Crippen LogP contribution in [0.5, 0.6) is 5.75 Å². The molecule has 2 nitrogen and oxygen atoms in total. The summed E-state index contributed by atoms with van der Waals surface area (Å²) in [6.07, 6.45) is 0.274. The monoisotopic (exact) mass is 347 g/mol. The highest BCUT2D eigenvalue weighted by Crippen LogP contribution is 2.39. The standard InChI is InChI=1S/C12H13Br2O2/c1-6-10(13)7(2)12(8(3)11(6)14)16-5-9-4-15-9/h9H,1,4-5H2,2-3H3. The van der Waals surface area contributed by atoms with E-state index in [0.717, 1.165) is 38.0 Å². The molecule has 1 radical (unpaired) electrons.